The van der Waals surface area contributed by atoms with Crippen LogP contribution in [0.1, 0.15) is 18.1 Å². The average Bonchev–Trinajstić information content (AvgIpc) is 2.94. The van der Waals surface area contributed by atoms with Crippen LogP contribution in [0.5, 0.6) is 5.75 Å². The van der Waals surface area contributed by atoms with Gasteiger partial charge in [-0.2, -0.15) is 0 Å². The molecule has 0 saturated carbocycles. The van der Waals surface area contributed by atoms with Gasteiger partial charge >= 0.3 is 5.97 Å². The molecule has 132 valence electrons. The maximum atomic E-state index is 12.2. The van der Waals surface area contributed by atoms with Crippen LogP contribution in [-0.4, -0.2) is 19.0 Å². The Kier molecular flexibility index (Phi) is 5.17. The minimum Gasteiger partial charge on any atom is -0.489 e. The van der Waals surface area contributed by atoms with Crippen molar-refractivity contribution < 1.29 is 19.1 Å². The van der Waals surface area contributed by atoms with Crippen LogP contribution < -0.4 is 10.1 Å². The summed E-state index contributed by atoms with van der Waals surface area (Å²) in [6.07, 6.45) is 1.66. The van der Waals surface area contributed by atoms with Crippen molar-refractivity contribution in [2.24, 2.45) is 0 Å². The van der Waals surface area contributed by atoms with Gasteiger partial charge in [0.2, 0.25) is 0 Å². The Morgan fingerprint density at radius 2 is 1.88 bits per heavy atom. The maximum Gasteiger partial charge on any atom is 0.340 e. The fourth-order valence-electron chi connectivity index (χ4n) is 2.72. The monoisotopic (exact) mass is 349 g/mol. The van der Waals surface area contributed by atoms with Crippen molar-refractivity contribution in [3.8, 4) is 5.75 Å². The van der Waals surface area contributed by atoms with Crippen LogP contribution in [0.4, 0.5) is 0 Å². The Labute approximate surface area is 151 Å². The number of ether oxygens (including phenoxy) is 2. The van der Waals surface area contributed by atoms with Gasteiger partial charge in [0.1, 0.15) is 12.4 Å². The summed E-state index contributed by atoms with van der Waals surface area (Å²) in [6, 6.07) is 17.2. The molecule has 5 nitrogen and oxygen atoms in total. The summed E-state index contributed by atoms with van der Waals surface area (Å²) in [4.78, 5) is 24.1. The van der Waals surface area contributed by atoms with Crippen molar-refractivity contribution in [3.63, 3.8) is 0 Å². The lowest BCUT2D eigenvalue weighted by Gasteiger charge is -2.07. The van der Waals surface area contributed by atoms with E-state index in [4.69, 9.17) is 9.47 Å². The summed E-state index contributed by atoms with van der Waals surface area (Å²) in [6.45, 7) is 2.12. The second kappa shape index (κ2) is 7.70. The van der Waals surface area contributed by atoms with Crippen LogP contribution >= 0.6 is 0 Å². The lowest BCUT2D eigenvalue weighted by Crippen LogP contribution is -2.15. The summed E-state index contributed by atoms with van der Waals surface area (Å²) in [5.41, 5.74) is 2.86. The third-order valence-corrected chi connectivity index (χ3v) is 4.00. The molecule has 1 heterocycles. The Balaban J connectivity index is 1.82. The highest BCUT2D eigenvalue weighted by atomic mass is 16.5. The zero-order valence-corrected chi connectivity index (χ0v) is 14.6. The predicted molar refractivity (Wildman–Crippen MR) is 98.1 cm³/mol. The van der Waals surface area contributed by atoms with Gasteiger partial charge in [-0.25, -0.2) is 4.79 Å². The van der Waals surface area contributed by atoms with Crippen LogP contribution in [0.2, 0.25) is 0 Å². The first-order chi connectivity index (χ1) is 12.6. The summed E-state index contributed by atoms with van der Waals surface area (Å²) < 4.78 is 10.6. The molecule has 1 aliphatic rings. The number of nitrogens with one attached hydrogen (secondary N) is 1. The average molecular weight is 349 g/mol. The van der Waals surface area contributed by atoms with E-state index in [-0.39, 0.29) is 17.1 Å². The van der Waals surface area contributed by atoms with Crippen LogP contribution in [0, 0.1) is 0 Å². The molecule has 0 fully saturated rings. The molecule has 1 amide bonds. The molecule has 0 atom stereocenters. The van der Waals surface area contributed by atoms with E-state index in [2.05, 4.69) is 5.32 Å². The number of rotatable bonds is 5. The second-order valence-corrected chi connectivity index (χ2v) is 5.85. The highest BCUT2D eigenvalue weighted by molar-refractivity contribution is 6.16. The molecule has 0 spiro atoms. The van der Waals surface area contributed by atoms with Gasteiger partial charge in [-0.3, -0.25) is 4.79 Å². The fourth-order valence-corrected chi connectivity index (χ4v) is 2.72. The number of esters is 1. The van der Waals surface area contributed by atoms with E-state index in [1.54, 1.807) is 13.0 Å². The summed E-state index contributed by atoms with van der Waals surface area (Å²) in [7, 11) is 1.29. The number of allylic oxidation sites excluding steroid dienone is 1. The molecule has 26 heavy (non-hydrogen) atoms. The van der Waals surface area contributed by atoms with Gasteiger partial charge < -0.3 is 14.8 Å². The van der Waals surface area contributed by atoms with Crippen LogP contribution in [0.15, 0.2) is 71.4 Å². The van der Waals surface area contributed by atoms with Crippen molar-refractivity contribution in [1.29, 1.82) is 0 Å². The molecule has 0 saturated heterocycles. The largest absolute Gasteiger partial charge is 0.489 e. The molecule has 2 aromatic carbocycles. The molecule has 2 aromatic rings. The Hall–Kier alpha value is -3.34. The number of hydrogen-bond donors (Lipinski definition) is 1. The quantitative estimate of drug-likeness (QED) is 0.665. The molecule has 1 N–H and O–H groups in total. The molecule has 5 heteroatoms. The lowest BCUT2D eigenvalue weighted by molar-refractivity contribution is -0.136. The van der Waals surface area contributed by atoms with E-state index in [0.717, 1.165) is 11.1 Å². The summed E-state index contributed by atoms with van der Waals surface area (Å²) >= 11 is 0. The molecule has 0 bridgehead atoms. The minimum absolute atomic E-state index is 0.258. The first kappa shape index (κ1) is 17.5. The zero-order chi connectivity index (χ0) is 18.5. The van der Waals surface area contributed by atoms with Gasteiger partial charge in [0.15, 0.2) is 0 Å². The molecule has 0 aromatic heterocycles. The Morgan fingerprint density at radius 3 is 2.62 bits per heavy atom. The van der Waals surface area contributed by atoms with Gasteiger partial charge in [-0.15, -0.1) is 0 Å². The maximum absolute atomic E-state index is 12.2. The van der Waals surface area contributed by atoms with Crippen molar-refractivity contribution in [2.45, 2.75) is 13.5 Å². The normalized spacial score (nSPS) is 15.2. The highest BCUT2D eigenvalue weighted by Crippen LogP contribution is 2.26. The summed E-state index contributed by atoms with van der Waals surface area (Å²) in [5.74, 6) is -0.177. The van der Waals surface area contributed by atoms with Crippen molar-refractivity contribution in [1.82, 2.24) is 5.32 Å². The zero-order valence-electron chi connectivity index (χ0n) is 14.6. The summed E-state index contributed by atoms with van der Waals surface area (Å²) in [5, 5.41) is 2.65. The van der Waals surface area contributed by atoms with E-state index in [9.17, 15) is 9.59 Å². The Morgan fingerprint density at radius 1 is 1.12 bits per heavy atom. The van der Waals surface area contributed by atoms with Gasteiger partial charge in [0.25, 0.3) is 5.91 Å². The standard InChI is InChI=1S/C21H19NO4/c1-14-19(21(24)25-2)18(20(23)22-14)12-16-9-6-10-17(11-16)26-13-15-7-4-3-5-8-15/h3-12H,13H2,1-2H3,(H,22,23)/b18-12+. The molecule has 0 aliphatic carbocycles. The van der Waals surface area contributed by atoms with E-state index >= 15 is 0 Å². The first-order valence-corrected chi connectivity index (χ1v) is 8.18. The fraction of sp³-hybridized carbons (Fsp3) is 0.143. The number of hydrogen-bond acceptors (Lipinski definition) is 4. The second-order valence-electron chi connectivity index (χ2n) is 5.85. The SMILES string of the molecule is COC(=O)C1=C(C)NC(=O)/C1=C/c1cccc(OCc2ccccc2)c1. The molecule has 0 radical (unpaired) electrons. The van der Waals surface area contributed by atoms with E-state index < -0.39 is 5.97 Å². The third kappa shape index (κ3) is 3.83. The number of benzene rings is 2. The Bertz CT molecular complexity index is 897. The van der Waals surface area contributed by atoms with Crippen LogP contribution in [0.3, 0.4) is 0 Å². The smallest absolute Gasteiger partial charge is 0.340 e. The van der Waals surface area contributed by atoms with Crippen molar-refractivity contribution >= 4 is 18.0 Å². The third-order valence-electron chi connectivity index (χ3n) is 4.00. The van der Waals surface area contributed by atoms with Gasteiger partial charge in [-0.05, 0) is 36.3 Å². The molecule has 0 unspecified atom stereocenters. The first-order valence-electron chi connectivity index (χ1n) is 8.18. The molecule has 1 aliphatic heterocycles. The topological polar surface area (TPSA) is 64.6 Å². The number of carbonyl (C=O) groups excluding carboxylic acids is 2. The predicted octanol–water partition coefficient (Wildman–Crippen LogP) is 3.23. The van der Waals surface area contributed by atoms with Crippen LogP contribution in [0.25, 0.3) is 6.08 Å². The van der Waals surface area contributed by atoms with E-state index in [1.807, 2.05) is 54.6 Å². The van der Waals surface area contributed by atoms with Gasteiger partial charge in [-0.1, -0.05) is 42.5 Å². The molecular weight excluding hydrogens is 330 g/mol. The van der Waals surface area contributed by atoms with Crippen molar-refractivity contribution in [3.05, 3.63) is 82.6 Å². The number of methoxy groups -OCH3 is 1. The molecular formula is C21H19NO4. The van der Waals surface area contributed by atoms with Gasteiger partial charge in [0, 0.05) is 5.70 Å². The lowest BCUT2D eigenvalue weighted by atomic mass is 10.0. The van der Waals surface area contributed by atoms with Gasteiger partial charge in [0.05, 0.1) is 18.3 Å². The number of carbonyl (C=O) groups is 2. The highest BCUT2D eigenvalue weighted by Gasteiger charge is 2.30. The number of amides is 1. The minimum atomic E-state index is -0.538. The van der Waals surface area contributed by atoms with Crippen LogP contribution in [-0.2, 0) is 20.9 Å². The van der Waals surface area contributed by atoms with E-state index in [0.29, 0.717) is 18.1 Å². The van der Waals surface area contributed by atoms with E-state index in [1.165, 1.54) is 7.11 Å². The molecule has 3 rings (SSSR count). The van der Waals surface area contributed by atoms with Crippen molar-refractivity contribution in [2.75, 3.05) is 7.11 Å².